The Morgan fingerprint density at radius 2 is 2.08 bits per heavy atom. The number of carbonyl (C=O) groups excluding carboxylic acids is 1. The van der Waals surface area contributed by atoms with Gasteiger partial charge >= 0.3 is 0 Å². The number of nitrogens with zero attached hydrogens (tertiary/aromatic N) is 7. The van der Waals surface area contributed by atoms with Crippen LogP contribution in [-0.2, 0) is 36.5 Å². The summed E-state index contributed by atoms with van der Waals surface area (Å²) >= 11 is 6.82. The van der Waals surface area contributed by atoms with Gasteiger partial charge in [0.25, 0.3) is 11.8 Å². The molecule has 0 bridgehead atoms. The van der Waals surface area contributed by atoms with Crippen molar-refractivity contribution < 1.29 is 23.0 Å². The smallest absolute Gasteiger partial charge is 0.275 e. The lowest BCUT2D eigenvalue weighted by Crippen LogP contribution is -2.44. The average Bonchev–Trinajstić information content (AvgIpc) is 3.68. The second kappa shape index (κ2) is 12.6. The van der Waals surface area contributed by atoms with E-state index in [-0.39, 0.29) is 48.2 Å². The number of alkyl halides is 1. The third-order valence-corrected chi connectivity index (χ3v) is 12.3. The van der Waals surface area contributed by atoms with Gasteiger partial charge in [0.2, 0.25) is 5.82 Å². The summed E-state index contributed by atoms with van der Waals surface area (Å²) in [5, 5.41) is 15.1. The van der Waals surface area contributed by atoms with Crippen LogP contribution in [0.15, 0.2) is 12.1 Å². The fraction of sp³-hybridized carbons (Fsp3) is 0.568. The van der Waals surface area contributed by atoms with Crippen LogP contribution in [0.2, 0.25) is 5.02 Å². The Hall–Kier alpha value is -3.99. The van der Waals surface area contributed by atoms with Gasteiger partial charge in [-0.25, -0.2) is 9.37 Å². The predicted molar refractivity (Wildman–Crippen MR) is 187 cm³/mol. The van der Waals surface area contributed by atoms with Crippen LogP contribution in [0.5, 0.6) is 5.88 Å². The molecule has 2 N–H and O–H groups in total. The van der Waals surface area contributed by atoms with E-state index in [0.717, 1.165) is 36.9 Å². The number of aryl methyl sites for hydroxylation is 1. The van der Waals surface area contributed by atoms with Gasteiger partial charge in [0.15, 0.2) is 5.69 Å². The Morgan fingerprint density at radius 3 is 2.86 bits per heavy atom. The Kier molecular flexibility index (Phi) is 8.43. The van der Waals surface area contributed by atoms with Gasteiger partial charge in [0, 0.05) is 63.4 Å². The van der Waals surface area contributed by atoms with Crippen molar-refractivity contribution in [1.82, 2.24) is 24.6 Å². The highest BCUT2D eigenvalue weighted by Crippen LogP contribution is 2.52. The molecular weight excluding hydrogens is 678 g/mol. The number of halogens is 3. The third kappa shape index (κ3) is 5.44. The monoisotopic (exact) mass is 720 g/mol. The van der Waals surface area contributed by atoms with Crippen LogP contribution in [0.1, 0.15) is 95.5 Å². The number of hydrogen-bond acceptors (Lipinski definition) is 9. The molecule has 51 heavy (non-hydrogen) atoms. The molecule has 4 atom stereocenters. The number of carbonyl (C=O) groups is 1. The molecule has 3 aromatic rings. The number of fused-ring (bicyclic) bond motifs is 5. The predicted octanol–water partition coefficient (Wildman–Crippen LogP) is 5.46. The standard InChI is InChI=1S/C37H43ClF2N8O3/c1-21-8-10-37(29-23(21)6-7-26(42)24(29)16-41)15-27-25(19-51-37)33(31(40)34(43-27)50-20-36-9-4-12-47(36)17-22(39)14-36)46-11-5-13-48-28(18-46)30(38)32(44-48)35(49)45(2)3/h6-7,21-22H,4-5,8-15,17-20,42H2,1-3H3/t21-,22+,36?,37-/m0/s1. The van der Waals surface area contributed by atoms with Crippen LogP contribution >= 0.6 is 11.6 Å². The maximum atomic E-state index is 17.1. The highest BCUT2D eigenvalue weighted by Gasteiger charge is 2.50. The Balaban J connectivity index is 1.23. The number of nitriles is 1. The maximum Gasteiger partial charge on any atom is 0.275 e. The van der Waals surface area contributed by atoms with Gasteiger partial charge in [-0.15, -0.1) is 0 Å². The molecule has 270 valence electrons. The van der Waals surface area contributed by atoms with Gasteiger partial charge < -0.3 is 25.0 Å². The average molecular weight is 721 g/mol. The summed E-state index contributed by atoms with van der Waals surface area (Å²) in [6.07, 6.45) is 3.49. The van der Waals surface area contributed by atoms with Gasteiger partial charge in [-0.05, 0) is 56.2 Å². The summed E-state index contributed by atoms with van der Waals surface area (Å²) in [7, 11) is 3.29. The number of anilines is 2. The second-order valence-corrected chi connectivity index (χ2v) is 15.6. The molecule has 4 aliphatic heterocycles. The molecule has 1 aromatic carbocycles. The summed E-state index contributed by atoms with van der Waals surface area (Å²) in [5.74, 6) is -0.850. The van der Waals surface area contributed by atoms with Crippen molar-refractivity contribution in [2.45, 2.75) is 94.8 Å². The lowest BCUT2D eigenvalue weighted by Gasteiger charge is -2.45. The van der Waals surface area contributed by atoms with E-state index in [1.807, 2.05) is 11.0 Å². The Labute approximate surface area is 301 Å². The van der Waals surface area contributed by atoms with Crippen molar-refractivity contribution in [1.29, 1.82) is 5.26 Å². The van der Waals surface area contributed by atoms with E-state index in [2.05, 4.69) is 23.0 Å². The van der Waals surface area contributed by atoms with E-state index < -0.39 is 23.1 Å². The number of nitrogens with two attached hydrogens (primary N) is 1. The van der Waals surface area contributed by atoms with Crippen LogP contribution in [-0.4, -0.2) is 82.5 Å². The molecule has 14 heteroatoms. The molecule has 1 spiro atoms. The molecule has 1 aliphatic carbocycles. The maximum absolute atomic E-state index is 17.1. The Bertz CT molecular complexity index is 1960. The fourth-order valence-corrected chi connectivity index (χ4v) is 9.52. The van der Waals surface area contributed by atoms with Crippen molar-refractivity contribution in [2.24, 2.45) is 0 Å². The first-order valence-corrected chi connectivity index (χ1v) is 18.2. The summed E-state index contributed by atoms with van der Waals surface area (Å²) in [5.41, 5.74) is 9.90. The zero-order valence-electron chi connectivity index (χ0n) is 29.3. The first-order valence-electron chi connectivity index (χ1n) is 17.9. The van der Waals surface area contributed by atoms with Crippen molar-refractivity contribution >= 4 is 28.9 Å². The van der Waals surface area contributed by atoms with E-state index in [4.69, 9.17) is 31.8 Å². The zero-order chi connectivity index (χ0) is 35.8. The second-order valence-electron chi connectivity index (χ2n) is 15.2. The number of hydrogen-bond donors (Lipinski definition) is 1. The highest BCUT2D eigenvalue weighted by atomic mass is 35.5. The topological polar surface area (TPSA) is 126 Å². The Morgan fingerprint density at radius 1 is 1.25 bits per heavy atom. The number of pyridine rings is 1. The normalized spacial score (nSPS) is 27.0. The summed E-state index contributed by atoms with van der Waals surface area (Å²) < 4.78 is 46.7. The molecule has 1 unspecified atom stereocenters. The molecule has 0 radical (unpaired) electrons. The minimum Gasteiger partial charge on any atom is -0.474 e. The molecule has 11 nitrogen and oxygen atoms in total. The highest BCUT2D eigenvalue weighted by molar-refractivity contribution is 6.34. The lowest BCUT2D eigenvalue weighted by atomic mass is 9.69. The number of rotatable bonds is 5. The van der Waals surface area contributed by atoms with E-state index in [0.29, 0.717) is 79.2 Å². The quantitative estimate of drug-likeness (QED) is 0.342. The van der Waals surface area contributed by atoms with Gasteiger partial charge in [-0.2, -0.15) is 14.8 Å². The van der Waals surface area contributed by atoms with Gasteiger partial charge in [-0.3, -0.25) is 14.4 Å². The van der Waals surface area contributed by atoms with Crippen LogP contribution < -0.4 is 15.4 Å². The molecule has 2 aromatic heterocycles. The number of aromatic nitrogens is 3. The van der Waals surface area contributed by atoms with Crippen LogP contribution in [0.4, 0.5) is 20.2 Å². The van der Waals surface area contributed by atoms with Crippen LogP contribution in [0.25, 0.3) is 0 Å². The first kappa shape index (κ1) is 34.1. The number of amides is 1. The molecule has 6 heterocycles. The molecule has 0 saturated carbocycles. The van der Waals surface area contributed by atoms with Crippen LogP contribution in [0, 0.1) is 17.1 Å². The molecule has 1 amide bonds. The molecule has 8 rings (SSSR count). The van der Waals surface area contributed by atoms with E-state index in [1.165, 1.54) is 4.90 Å². The summed E-state index contributed by atoms with van der Waals surface area (Å²) in [6.45, 7) is 4.64. The third-order valence-electron chi connectivity index (χ3n) is 11.9. The zero-order valence-corrected chi connectivity index (χ0v) is 30.0. The van der Waals surface area contributed by atoms with Crippen molar-refractivity contribution in [2.75, 3.05) is 51.0 Å². The summed E-state index contributed by atoms with van der Waals surface area (Å²) in [6, 6.07) is 6.10. The SMILES string of the molecule is C[C@H]1CC[C@]2(Cc3nc(OCC45CCCN4C[C@H](F)C5)c(F)c(N4CCCn5nc(C(=O)N(C)C)c(Cl)c5C4)c3CO2)c2c1ccc(N)c2C#N. The minimum absolute atomic E-state index is 0.0530. The van der Waals surface area contributed by atoms with Gasteiger partial charge in [-0.1, -0.05) is 24.6 Å². The summed E-state index contributed by atoms with van der Waals surface area (Å²) in [4.78, 5) is 23.3. The van der Waals surface area contributed by atoms with Crippen molar-refractivity contribution in [3.8, 4) is 11.9 Å². The van der Waals surface area contributed by atoms with Crippen molar-refractivity contribution in [3.63, 3.8) is 0 Å². The van der Waals surface area contributed by atoms with Crippen molar-refractivity contribution in [3.05, 3.63) is 62.3 Å². The van der Waals surface area contributed by atoms with Gasteiger partial charge in [0.05, 0.1) is 46.4 Å². The largest absolute Gasteiger partial charge is 0.474 e. The number of ether oxygens (including phenoxy) is 2. The minimum atomic E-state index is -0.950. The number of benzene rings is 1. The molecule has 5 aliphatic rings. The fourth-order valence-electron chi connectivity index (χ4n) is 9.25. The van der Waals surface area contributed by atoms with E-state index in [1.54, 1.807) is 24.8 Å². The number of nitrogen functional groups attached to an aromatic ring is 1. The first-order chi connectivity index (χ1) is 24.4. The lowest BCUT2D eigenvalue weighted by molar-refractivity contribution is -0.0873. The molecule has 2 fully saturated rings. The molecular formula is C37H43ClF2N8O3. The van der Waals surface area contributed by atoms with E-state index in [9.17, 15) is 14.4 Å². The van der Waals surface area contributed by atoms with Gasteiger partial charge in [0.1, 0.15) is 24.4 Å². The van der Waals surface area contributed by atoms with E-state index >= 15 is 4.39 Å². The van der Waals surface area contributed by atoms with Crippen LogP contribution in [0.3, 0.4) is 0 Å². The molecule has 2 saturated heterocycles.